The summed E-state index contributed by atoms with van der Waals surface area (Å²) in [5, 5.41) is 18.2. The minimum absolute atomic E-state index is 0.00606. The average molecular weight is 229 g/mol. The molecule has 82 valence electrons. The summed E-state index contributed by atoms with van der Waals surface area (Å²) in [7, 11) is 0. The number of rotatable bonds is 3. The van der Waals surface area contributed by atoms with Crippen LogP contribution in [0.3, 0.4) is 0 Å². The van der Waals surface area contributed by atoms with Crippen molar-refractivity contribution in [3.8, 4) is 5.75 Å². The Labute approximate surface area is 93.3 Å². The van der Waals surface area contributed by atoms with Crippen LogP contribution in [0, 0.1) is 0 Å². The summed E-state index contributed by atoms with van der Waals surface area (Å²) in [5.41, 5.74) is 0.302. The van der Waals surface area contributed by atoms with Gasteiger partial charge in [0.15, 0.2) is 0 Å². The van der Waals surface area contributed by atoms with E-state index >= 15 is 0 Å². The highest BCUT2D eigenvalue weighted by Crippen LogP contribution is 2.32. The Balaban J connectivity index is 3.04. The lowest BCUT2D eigenvalue weighted by Gasteiger charge is -2.23. The van der Waals surface area contributed by atoms with E-state index in [0.717, 1.165) is 5.56 Å². The third-order valence-corrected chi connectivity index (χ3v) is 2.63. The lowest BCUT2D eigenvalue weighted by molar-refractivity contribution is -0.138. The van der Waals surface area contributed by atoms with Crippen molar-refractivity contribution in [1.82, 2.24) is 0 Å². The summed E-state index contributed by atoms with van der Waals surface area (Å²) in [5.74, 6) is -0.851. The minimum atomic E-state index is -0.857. The Morgan fingerprint density at radius 2 is 2.07 bits per heavy atom. The van der Waals surface area contributed by atoms with Gasteiger partial charge in [-0.15, -0.1) is 0 Å². The van der Waals surface area contributed by atoms with Crippen molar-refractivity contribution in [3.63, 3.8) is 0 Å². The molecule has 0 aliphatic carbocycles. The summed E-state index contributed by atoms with van der Waals surface area (Å²) >= 11 is 5.76. The molecule has 0 unspecified atom stereocenters. The maximum atomic E-state index is 10.7. The number of hydrogen-bond acceptors (Lipinski definition) is 2. The van der Waals surface area contributed by atoms with Crippen LogP contribution in [-0.2, 0) is 10.2 Å². The van der Waals surface area contributed by atoms with Crippen molar-refractivity contribution in [2.45, 2.75) is 25.7 Å². The predicted molar refractivity (Wildman–Crippen MR) is 58.4 cm³/mol. The molecule has 0 aliphatic rings. The van der Waals surface area contributed by atoms with Crippen LogP contribution >= 0.6 is 11.6 Å². The lowest BCUT2D eigenvalue weighted by atomic mass is 9.81. The van der Waals surface area contributed by atoms with E-state index < -0.39 is 11.4 Å². The standard InChI is InChI=1S/C11H13ClO3/c1-11(2,6-10(14)15)7-3-4-9(13)8(12)5-7/h3-5,13H,6H2,1-2H3,(H,14,15). The highest BCUT2D eigenvalue weighted by atomic mass is 35.5. The molecular formula is C11H13ClO3. The Bertz CT molecular complexity index is 385. The fourth-order valence-electron chi connectivity index (χ4n) is 1.41. The van der Waals surface area contributed by atoms with E-state index in [1.165, 1.54) is 6.07 Å². The van der Waals surface area contributed by atoms with Crippen LogP contribution in [0.15, 0.2) is 18.2 Å². The first-order valence-corrected chi connectivity index (χ1v) is 4.91. The van der Waals surface area contributed by atoms with E-state index in [9.17, 15) is 9.90 Å². The van der Waals surface area contributed by atoms with Gasteiger partial charge in [0.2, 0.25) is 0 Å². The van der Waals surface area contributed by atoms with E-state index in [1.54, 1.807) is 12.1 Å². The molecule has 0 bridgehead atoms. The zero-order valence-corrected chi connectivity index (χ0v) is 9.38. The molecule has 0 radical (unpaired) electrons. The molecule has 0 heterocycles. The summed E-state index contributed by atoms with van der Waals surface area (Å²) in [6, 6.07) is 4.76. The predicted octanol–water partition coefficient (Wildman–Crippen LogP) is 2.80. The molecule has 3 nitrogen and oxygen atoms in total. The number of carboxylic acid groups (broad SMARTS) is 1. The molecule has 0 aliphatic heterocycles. The molecule has 0 aromatic heterocycles. The van der Waals surface area contributed by atoms with Crippen molar-refractivity contribution in [2.24, 2.45) is 0 Å². The average Bonchev–Trinajstić information content (AvgIpc) is 2.07. The van der Waals surface area contributed by atoms with E-state index in [1.807, 2.05) is 13.8 Å². The molecule has 2 N–H and O–H groups in total. The number of aliphatic carboxylic acids is 1. The van der Waals surface area contributed by atoms with Crippen molar-refractivity contribution in [3.05, 3.63) is 28.8 Å². The number of aromatic hydroxyl groups is 1. The number of phenolic OH excluding ortho intramolecular Hbond substituents is 1. The molecule has 15 heavy (non-hydrogen) atoms. The largest absolute Gasteiger partial charge is 0.506 e. The Morgan fingerprint density at radius 3 is 2.53 bits per heavy atom. The first-order valence-electron chi connectivity index (χ1n) is 4.54. The molecule has 0 saturated carbocycles. The zero-order valence-electron chi connectivity index (χ0n) is 8.62. The van der Waals surface area contributed by atoms with Crippen LogP contribution in [0.2, 0.25) is 5.02 Å². The van der Waals surface area contributed by atoms with Gasteiger partial charge < -0.3 is 10.2 Å². The number of halogens is 1. The summed E-state index contributed by atoms with van der Waals surface area (Å²) in [6.07, 6.45) is 0.0219. The second-order valence-electron chi connectivity index (χ2n) is 4.12. The Kier molecular flexibility index (Phi) is 3.25. The Hall–Kier alpha value is -1.22. The second-order valence-corrected chi connectivity index (χ2v) is 4.53. The molecule has 0 fully saturated rings. The molecule has 0 atom stereocenters. The number of carbonyl (C=O) groups is 1. The van der Waals surface area contributed by atoms with Gasteiger partial charge in [-0.1, -0.05) is 31.5 Å². The molecule has 1 aromatic rings. The highest BCUT2D eigenvalue weighted by molar-refractivity contribution is 6.32. The number of carboxylic acids is 1. The number of phenols is 1. The van der Waals surface area contributed by atoms with Gasteiger partial charge in [-0.3, -0.25) is 4.79 Å². The van der Waals surface area contributed by atoms with Crippen LogP contribution in [0.1, 0.15) is 25.8 Å². The Morgan fingerprint density at radius 1 is 1.47 bits per heavy atom. The third-order valence-electron chi connectivity index (χ3n) is 2.32. The molecule has 1 rings (SSSR count). The molecular weight excluding hydrogens is 216 g/mol. The fraction of sp³-hybridized carbons (Fsp3) is 0.364. The van der Waals surface area contributed by atoms with Crippen molar-refractivity contribution >= 4 is 17.6 Å². The molecule has 0 saturated heterocycles. The molecule has 0 amide bonds. The van der Waals surface area contributed by atoms with Gasteiger partial charge in [0.1, 0.15) is 5.75 Å². The lowest BCUT2D eigenvalue weighted by Crippen LogP contribution is -2.21. The van der Waals surface area contributed by atoms with E-state index in [2.05, 4.69) is 0 Å². The van der Waals surface area contributed by atoms with Gasteiger partial charge in [0.25, 0.3) is 0 Å². The van der Waals surface area contributed by atoms with Crippen molar-refractivity contribution in [1.29, 1.82) is 0 Å². The second kappa shape index (κ2) is 4.11. The summed E-state index contributed by atoms with van der Waals surface area (Å²) in [6.45, 7) is 3.65. The molecule has 1 aromatic carbocycles. The van der Waals surface area contributed by atoms with Gasteiger partial charge in [0, 0.05) is 5.41 Å². The number of benzene rings is 1. The highest BCUT2D eigenvalue weighted by Gasteiger charge is 2.24. The number of hydrogen-bond donors (Lipinski definition) is 2. The van der Waals surface area contributed by atoms with Crippen LogP contribution in [0.4, 0.5) is 0 Å². The van der Waals surface area contributed by atoms with E-state index in [0.29, 0.717) is 0 Å². The first kappa shape index (κ1) is 11.9. The van der Waals surface area contributed by atoms with E-state index in [4.69, 9.17) is 16.7 Å². The molecule has 4 heteroatoms. The fourth-order valence-corrected chi connectivity index (χ4v) is 1.59. The zero-order chi connectivity index (χ0) is 11.6. The van der Waals surface area contributed by atoms with Gasteiger partial charge in [0.05, 0.1) is 11.4 Å². The van der Waals surface area contributed by atoms with Gasteiger partial charge in [-0.05, 0) is 17.7 Å². The molecule has 0 spiro atoms. The van der Waals surface area contributed by atoms with Crippen LogP contribution in [0.5, 0.6) is 5.75 Å². The smallest absolute Gasteiger partial charge is 0.304 e. The monoisotopic (exact) mass is 228 g/mol. The van der Waals surface area contributed by atoms with Crippen LogP contribution < -0.4 is 0 Å². The normalized spacial score (nSPS) is 11.4. The quantitative estimate of drug-likeness (QED) is 0.837. The van der Waals surface area contributed by atoms with Crippen LogP contribution in [0.25, 0.3) is 0 Å². The maximum Gasteiger partial charge on any atom is 0.304 e. The maximum absolute atomic E-state index is 10.7. The van der Waals surface area contributed by atoms with Crippen molar-refractivity contribution in [2.75, 3.05) is 0 Å². The van der Waals surface area contributed by atoms with Gasteiger partial charge >= 0.3 is 5.97 Å². The SMILES string of the molecule is CC(C)(CC(=O)O)c1ccc(O)c(Cl)c1. The van der Waals surface area contributed by atoms with Crippen molar-refractivity contribution < 1.29 is 15.0 Å². The summed E-state index contributed by atoms with van der Waals surface area (Å²) in [4.78, 5) is 10.7. The summed E-state index contributed by atoms with van der Waals surface area (Å²) < 4.78 is 0. The topological polar surface area (TPSA) is 57.5 Å². The van der Waals surface area contributed by atoms with Gasteiger partial charge in [-0.2, -0.15) is 0 Å². The first-order chi connectivity index (χ1) is 6.83. The third kappa shape index (κ3) is 2.86. The minimum Gasteiger partial charge on any atom is -0.506 e. The van der Waals surface area contributed by atoms with Gasteiger partial charge in [-0.25, -0.2) is 0 Å². The van der Waals surface area contributed by atoms with E-state index in [-0.39, 0.29) is 17.2 Å². The van der Waals surface area contributed by atoms with Crippen LogP contribution in [-0.4, -0.2) is 16.2 Å².